The highest BCUT2D eigenvalue weighted by Gasteiger charge is 2.11. The molecule has 1 aromatic heterocycles. The van der Waals surface area contributed by atoms with Crippen molar-refractivity contribution in [2.24, 2.45) is 0 Å². The van der Waals surface area contributed by atoms with Crippen LogP contribution in [-0.4, -0.2) is 20.9 Å². The predicted molar refractivity (Wildman–Crippen MR) is 108 cm³/mol. The molecule has 1 heterocycles. The van der Waals surface area contributed by atoms with Crippen LogP contribution in [0, 0.1) is 13.8 Å². The molecule has 0 bridgehead atoms. The number of halogens is 1. The number of carbonyl (C=O) groups excluding carboxylic acids is 1. The van der Waals surface area contributed by atoms with E-state index in [1.807, 2.05) is 24.3 Å². The lowest BCUT2D eigenvalue weighted by Gasteiger charge is -2.06. The van der Waals surface area contributed by atoms with Gasteiger partial charge in [-0.2, -0.15) is 4.80 Å². The Kier molecular flexibility index (Phi) is 4.38. The van der Waals surface area contributed by atoms with E-state index in [2.05, 4.69) is 29.4 Å². The highest BCUT2D eigenvalue weighted by Crippen LogP contribution is 2.21. The number of anilines is 1. The summed E-state index contributed by atoms with van der Waals surface area (Å²) in [6.45, 7) is 4.13. The van der Waals surface area contributed by atoms with Crippen LogP contribution >= 0.6 is 11.6 Å². The maximum atomic E-state index is 12.4. The molecule has 3 aromatic carbocycles. The maximum absolute atomic E-state index is 12.4. The van der Waals surface area contributed by atoms with E-state index in [4.69, 9.17) is 11.6 Å². The third kappa shape index (κ3) is 3.41. The number of nitrogens with zero attached hydrogens (tertiary/aromatic N) is 3. The summed E-state index contributed by atoms with van der Waals surface area (Å²) < 4.78 is 0. The fourth-order valence-corrected chi connectivity index (χ4v) is 3.02. The van der Waals surface area contributed by atoms with E-state index in [0.29, 0.717) is 21.8 Å². The predicted octanol–water partition coefficient (Wildman–Crippen LogP) is 4.94. The summed E-state index contributed by atoms with van der Waals surface area (Å²) in [4.78, 5) is 14.0. The molecule has 6 heteroatoms. The van der Waals surface area contributed by atoms with Gasteiger partial charge in [0.15, 0.2) is 0 Å². The molecule has 134 valence electrons. The summed E-state index contributed by atoms with van der Waals surface area (Å²) in [6.07, 6.45) is 0. The van der Waals surface area contributed by atoms with E-state index in [1.165, 1.54) is 11.1 Å². The second kappa shape index (κ2) is 6.85. The number of hydrogen-bond acceptors (Lipinski definition) is 3. The molecular formula is C21H17ClN4O. The van der Waals surface area contributed by atoms with Gasteiger partial charge in [0.1, 0.15) is 11.0 Å². The monoisotopic (exact) mass is 376 g/mol. The van der Waals surface area contributed by atoms with Gasteiger partial charge in [-0.3, -0.25) is 4.79 Å². The SMILES string of the molecule is Cc1ccc(-n2nc3ccc(NC(=O)c4ccccc4Cl)cc3n2)cc1C. The summed E-state index contributed by atoms with van der Waals surface area (Å²) in [5, 5.41) is 12.3. The zero-order chi connectivity index (χ0) is 19.0. The molecular weight excluding hydrogens is 360 g/mol. The molecule has 1 amide bonds. The molecule has 0 saturated heterocycles. The molecule has 5 nitrogen and oxygen atoms in total. The highest BCUT2D eigenvalue weighted by atomic mass is 35.5. The number of amides is 1. The number of rotatable bonds is 3. The average molecular weight is 377 g/mol. The first-order valence-electron chi connectivity index (χ1n) is 8.52. The minimum absolute atomic E-state index is 0.262. The molecule has 0 aliphatic rings. The summed E-state index contributed by atoms with van der Waals surface area (Å²) in [5.41, 5.74) is 5.82. The van der Waals surface area contributed by atoms with Crippen LogP contribution in [0.1, 0.15) is 21.5 Å². The first-order valence-corrected chi connectivity index (χ1v) is 8.90. The third-order valence-corrected chi connectivity index (χ3v) is 4.81. The van der Waals surface area contributed by atoms with Crippen molar-refractivity contribution in [3.05, 3.63) is 82.4 Å². The molecule has 0 fully saturated rings. The van der Waals surface area contributed by atoms with Gasteiger partial charge in [0, 0.05) is 5.69 Å². The van der Waals surface area contributed by atoms with Crippen molar-refractivity contribution in [3.63, 3.8) is 0 Å². The minimum atomic E-state index is -0.262. The van der Waals surface area contributed by atoms with Crippen LogP contribution in [-0.2, 0) is 0 Å². The highest BCUT2D eigenvalue weighted by molar-refractivity contribution is 6.34. The van der Waals surface area contributed by atoms with Crippen LogP contribution < -0.4 is 5.32 Å². The minimum Gasteiger partial charge on any atom is -0.322 e. The quantitative estimate of drug-likeness (QED) is 0.550. The van der Waals surface area contributed by atoms with E-state index in [0.717, 1.165) is 11.2 Å². The maximum Gasteiger partial charge on any atom is 0.257 e. The molecule has 0 aliphatic heterocycles. The molecule has 0 atom stereocenters. The van der Waals surface area contributed by atoms with Crippen molar-refractivity contribution in [1.29, 1.82) is 0 Å². The molecule has 0 saturated carbocycles. The van der Waals surface area contributed by atoms with Crippen LogP contribution in [0.4, 0.5) is 5.69 Å². The normalized spacial score (nSPS) is 10.9. The Morgan fingerprint density at radius 1 is 0.926 bits per heavy atom. The van der Waals surface area contributed by atoms with E-state index < -0.39 is 0 Å². The van der Waals surface area contributed by atoms with Crippen molar-refractivity contribution in [3.8, 4) is 5.69 Å². The Hall–Kier alpha value is -3.18. The van der Waals surface area contributed by atoms with Gasteiger partial charge < -0.3 is 5.32 Å². The number of hydrogen-bond donors (Lipinski definition) is 1. The largest absolute Gasteiger partial charge is 0.322 e. The van der Waals surface area contributed by atoms with Crippen molar-refractivity contribution >= 4 is 34.2 Å². The Balaban J connectivity index is 1.64. The first-order chi connectivity index (χ1) is 13.0. The Labute approximate surface area is 161 Å². The van der Waals surface area contributed by atoms with E-state index in [1.54, 1.807) is 41.2 Å². The smallest absolute Gasteiger partial charge is 0.257 e. The fourth-order valence-electron chi connectivity index (χ4n) is 2.80. The lowest BCUT2D eigenvalue weighted by atomic mass is 10.1. The number of nitrogens with one attached hydrogen (secondary N) is 1. The van der Waals surface area contributed by atoms with E-state index >= 15 is 0 Å². The standard InChI is InChI=1S/C21H17ClN4O/c1-13-7-9-16(11-14(13)2)26-24-19-10-8-15(12-20(19)25-26)23-21(27)17-5-3-4-6-18(17)22/h3-12H,1-2H3,(H,23,27). The lowest BCUT2D eigenvalue weighted by Crippen LogP contribution is -2.12. The summed E-state index contributed by atoms with van der Waals surface area (Å²) in [6, 6.07) is 18.5. The van der Waals surface area contributed by atoms with Crippen molar-refractivity contribution in [2.75, 3.05) is 5.32 Å². The molecule has 1 N–H and O–H groups in total. The summed E-state index contributed by atoms with van der Waals surface area (Å²) in [7, 11) is 0. The second-order valence-corrected chi connectivity index (χ2v) is 6.80. The van der Waals surface area contributed by atoms with Gasteiger partial charge >= 0.3 is 0 Å². The van der Waals surface area contributed by atoms with E-state index in [-0.39, 0.29) is 5.91 Å². The lowest BCUT2D eigenvalue weighted by molar-refractivity contribution is 0.102. The number of benzene rings is 3. The molecule has 4 aromatic rings. The molecule has 0 aliphatic carbocycles. The number of carbonyl (C=O) groups is 1. The van der Waals surface area contributed by atoms with Gasteiger partial charge in [0.25, 0.3) is 5.91 Å². The second-order valence-electron chi connectivity index (χ2n) is 6.40. The zero-order valence-corrected chi connectivity index (χ0v) is 15.7. The average Bonchev–Trinajstić information content (AvgIpc) is 3.07. The third-order valence-electron chi connectivity index (χ3n) is 4.48. The molecule has 0 unspecified atom stereocenters. The van der Waals surface area contributed by atoms with Crippen LogP contribution in [0.2, 0.25) is 5.02 Å². The van der Waals surface area contributed by atoms with Gasteiger partial charge in [-0.1, -0.05) is 29.8 Å². The van der Waals surface area contributed by atoms with Crippen molar-refractivity contribution in [2.45, 2.75) is 13.8 Å². The van der Waals surface area contributed by atoms with Gasteiger partial charge in [0.05, 0.1) is 16.3 Å². The topological polar surface area (TPSA) is 59.8 Å². The van der Waals surface area contributed by atoms with Gasteiger partial charge in [-0.25, -0.2) is 0 Å². The molecule has 0 spiro atoms. The van der Waals surface area contributed by atoms with Gasteiger partial charge in [-0.15, -0.1) is 10.2 Å². The van der Waals surface area contributed by atoms with Crippen LogP contribution in [0.3, 0.4) is 0 Å². The van der Waals surface area contributed by atoms with Gasteiger partial charge in [0.2, 0.25) is 0 Å². The van der Waals surface area contributed by atoms with E-state index in [9.17, 15) is 4.79 Å². The fraction of sp³-hybridized carbons (Fsp3) is 0.0952. The summed E-state index contributed by atoms with van der Waals surface area (Å²) >= 11 is 6.09. The van der Waals surface area contributed by atoms with Crippen molar-refractivity contribution in [1.82, 2.24) is 15.0 Å². The number of fused-ring (bicyclic) bond motifs is 1. The van der Waals surface area contributed by atoms with Crippen LogP contribution in [0.5, 0.6) is 0 Å². The van der Waals surface area contributed by atoms with Crippen molar-refractivity contribution < 1.29 is 4.79 Å². The first kappa shape index (κ1) is 17.2. The van der Waals surface area contributed by atoms with Gasteiger partial charge in [-0.05, 0) is 67.4 Å². The van der Waals surface area contributed by atoms with Crippen LogP contribution in [0.25, 0.3) is 16.7 Å². The molecule has 4 rings (SSSR count). The Morgan fingerprint density at radius 2 is 1.70 bits per heavy atom. The van der Waals surface area contributed by atoms with Crippen LogP contribution in [0.15, 0.2) is 60.7 Å². The Bertz CT molecular complexity index is 1170. The summed E-state index contributed by atoms with van der Waals surface area (Å²) in [5.74, 6) is -0.262. The zero-order valence-electron chi connectivity index (χ0n) is 14.9. The molecule has 0 radical (unpaired) electrons. The number of aryl methyl sites for hydroxylation is 2. The Morgan fingerprint density at radius 3 is 2.48 bits per heavy atom. The number of aromatic nitrogens is 3. The molecule has 27 heavy (non-hydrogen) atoms.